The van der Waals surface area contributed by atoms with Crippen LogP contribution in [-0.2, 0) is 21.4 Å². The normalized spacial score (nSPS) is 16.9. The van der Waals surface area contributed by atoms with E-state index >= 15 is 0 Å². The minimum Gasteiger partial charge on any atom is -0.496 e. The number of hydrogen-bond acceptors (Lipinski definition) is 6. The highest BCUT2D eigenvalue weighted by molar-refractivity contribution is 7.89. The molecule has 1 aliphatic heterocycles. The molecule has 0 unspecified atom stereocenters. The van der Waals surface area contributed by atoms with E-state index in [-0.39, 0.29) is 23.9 Å². The Hall–Kier alpha value is -2.78. The summed E-state index contributed by atoms with van der Waals surface area (Å²) in [7, 11) is 0.961. The van der Waals surface area contributed by atoms with Gasteiger partial charge >= 0.3 is 0 Å². The topological polar surface area (TPSA) is 94.2 Å². The fourth-order valence-corrected chi connectivity index (χ4v) is 5.57. The van der Waals surface area contributed by atoms with Crippen molar-refractivity contribution < 1.29 is 27.4 Å². The maximum Gasteiger partial charge on any atom is 0.243 e. The van der Waals surface area contributed by atoms with Crippen molar-refractivity contribution in [3.8, 4) is 17.2 Å². The highest BCUT2D eigenvalue weighted by atomic mass is 32.2. The Morgan fingerprint density at radius 3 is 2.31 bits per heavy atom. The summed E-state index contributed by atoms with van der Waals surface area (Å²) in [6.45, 7) is 2.56. The minimum atomic E-state index is -3.71. The number of ether oxygens (including phenoxy) is 3. The van der Waals surface area contributed by atoms with Gasteiger partial charge in [0.05, 0.1) is 44.3 Å². The molecule has 8 nitrogen and oxygen atoms in total. The molecule has 3 rings (SSSR count). The number of nitrogens with zero attached hydrogens (tertiary/aromatic N) is 1. The van der Waals surface area contributed by atoms with Crippen LogP contribution in [0.5, 0.6) is 17.2 Å². The first-order chi connectivity index (χ1) is 15.3. The number of piperidine rings is 1. The van der Waals surface area contributed by atoms with Crippen LogP contribution in [0.2, 0.25) is 0 Å². The third kappa shape index (κ3) is 4.99. The molecule has 0 aliphatic carbocycles. The van der Waals surface area contributed by atoms with E-state index < -0.39 is 15.9 Å². The van der Waals surface area contributed by atoms with Crippen LogP contribution in [0.15, 0.2) is 41.3 Å². The number of aryl methyl sites for hydroxylation is 1. The number of benzene rings is 2. The Kier molecular flexibility index (Phi) is 7.63. The summed E-state index contributed by atoms with van der Waals surface area (Å²) in [5, 5.41) is 2.92. The van der Waals surface area contributed by atoms with E-state index in [0.717, 1.165) is 11.1 Å². The summed E-state index contributed by atoms with van der Waals surface area (Å²) in [6.07, 6.45) is 1.24. The van der Waals surface area contributed by atoms with E-state index in [9.17, 15) is 13.2 Å². The van der Waals surface area contributed by atoms with Crippen LogP contribution in [-0.4, -0.2) is 53.0 Å². The van der Waals surface area contributed by atoms with Gasteiger partial charge in [0.2, 0.25) is 15.9 Å². The van der Waals surface area contributed by atoms with Crippen LogP contribution >= 0.6 is 0 Å². The molecule has 1 aliphatic rings. The number of hydrogen-bond donors (Lipinski definition) is 1. The van der Waals surface area contributed by atoms with Crippen LogP contribution in [0.4, 0.5) is 0 Å². The molecule has 2 aromatic rings. The maximum absolute atomic E-state index is 13.2. The van der Waals surface area contributed by atoms with E-state index in [2.05, 4.69) is 5.32 Å². The van der Waals surface area contributed by atoms with Gasteiger partial charge in [0.1, 0.15) is 17.2 Å². The lowest BCUT2D eigenvalue weighted by atomic mass is 9.98. The van der Waals surface area contributed by atoms with Gasteiger partial charge in [-0.25, -0.2) is 8.42 Å². The van der Waals surface area contributed by atoms with E-state index in [1.54, 1.807) is 58.6 Å². The molecule has 1 fully saturated rings. The van der Waals surface area contributed by atoms with Crippen molar-refractivity contribution in [2.45, 2.75) is 31.2 Å². The predicted octanol–water partition coefficient (Wildman–Crippen LogP) is 2.74. The van der Waals surface area contributed by atoms with Crippen LogP contribution < -0.4 is 19.5 Å². The molecule has 1 heterocycles. The number of sulfonamides is 1. The molecular formula is C23H30N2O6S. The summed E-state index contributed by atoms with van der Waals surface area (Å²) in [5.74, 6) is 1.24. The Bertz CT molecular complexity index is 1050. The molecule has 2 aromatic carbocycles. The Balaban J connectivity index is 1.71. The number of carbonyl (C=O) groups excluding carboxylic acids is 1. The van der Waals surface area contributed by atoms with Crippen molar-refractivity contribution in [3.05, 3.63) is 47.5 Å². The zero-order valence-corrected chi connectivity index (χ0v) is 19.7. The number of rotatable bonds is 8. The van der Waals surface area contributed by atoms with Crippen LogP contribution in [0, 0.1) is 12.8 Å². The number of methoxy groups -OCH3 is 3. The lowest BCUT2D eigenvalue weighted by Crippen LogP contribution is -2.45. The molecule has 1 N–H and O–H groups in total. The van der Waals surface area contributed by atoms with E-state index in [1.165, 1.54) is 4.31 Å². The molecule has 0 saturated carbocycles. The smallest absolute Gasteiger partial charge is 0.243 e. The molecule has 9 heteroatoms. The fraction of sp³-hybridized carbons (Fsp3) is 0.435. The first kappa shape index (κ1) is 23.9. The van der Waals surface area contributed by atoms with Gasteiger partial charge in [-0.2, -0.15) is 4.31 Å². The summed E-state index contributed by atoms with van der Waals surface area (Å²) >= 11 is 0. The zero-order chi connectivity index (χ0) is 23.3. The van der Waals surface area contributed by atoms with Gasteiger partial charge in [-0.05, 0) is 55.7 Å². The standard InChI is InChI=1S/C23H30N2O6S/c1-16-13-18(10-11-20(16)29-2)32(27,28)25-12-6-7-17(15-25)23(26)24-14-19-21(30-3)8-5-9-22(19)31-4/h5,8-11,13,17H,6-7,12,14-15H2,1-4H3,(H,24,26)/t17-/m0/s1. The van der Waals surface area contributed by atoms with E-state index in [0.29, 0.717) is 36.6 Å². The van der Waals surface area contributed by atoms with Crippen LogP contribution in [0.25, 0.3) is 0 Å². The highest BCUT2D eigenvalue weighted by Gasteiger charge is 2.33. The van der Waals surface area contributed by atoms with Crippen molar-refractivity contribution in [2.75, 3.05) is 34.4 Å². The largest absolute Gasteiger partial charge is 0.496 e. The van der Waals surface area contributed by atoms with Crippen molar-refractivity contribution in [1.82, 2.24) is 9.62 Å². The third-order valence-corrected chi connectivity index (χ3v) is 7.59. The average Bonchev–Trinajstić information content (AvgIpc) is 2.82. The van der Waals surface area contributed by atoms with Gasteiger partial charge in [-0.1, -0.05) is 6.07 Å². The molecule has 0 spiro atoms. The monoisotopic (exact) mass is 462 g/mol. The van der Waals surface area contributed by atoms with Crippen LogP contribution in [0.1, 0.15) is 24.0 Å². The molecule has 0 bridgehead atoms. The first-order valence-electron chi connectivity index (χ1n) is 10.4. The maximum atomic E-state index is 13.2. The molecule has 32 heavy (non-hydrogen) atoms. The zero-order valence-electron chi connectivity index (χ0n) is 18.9. The van der Waals surface area contributed by atoms with Gasteiger partial charge in [0.15, 0.2) is 0 Å². The lowest BCUT2D eigenvalue weighted by Gasteiger charge is -2.31. The van der Waals surface area contributed by atoms with Gasteiger partial charge < -0.3 is 19.5 Å². The molecule has 0 aromatic heterocycles. The molecule has 1 amide bonds. The average molecular weight is 463 g/mol. The Morgan fingerprint density at radius 2 is 1.72 bits per heavy atom. The van der Waals surface area contributed by atoms with Gasteiger partial charge in [-0.3, -0.25) is 4.79 Å². The molecular weight excluding hydrogens is 432 g/mol. The molecule has 174 valence electrons. The third-order valence-electron chi connectivity index (χ3n) is 5.73. The number of carbonyl (C=O) groups is 1. The van der Waals surface area contributed by atoms with Gasteiger partial charge in [0.25, 0.3) is 0 Å². The summed E-state index contributed by atoms with van der Waals surface area (Å²) in [4.78, 5) is 13.1. The van der Waals surface area contributed by atoms with E-state index in [1.807, 2.05) is 6.07 Å². The van der Waals surface area contributed by atoms with Crippen molar-refractivity contribution >= 4 is 15.9 Å². The summed E-state index contributed by atoms with van der Waals surface area (Å²) in [6, 6.07) is 10.2. The van der Waals surface area contributed by atoms with E-state index in [4.69, 9.17) is 14.2 Å². The number of amides is 1. The predicted molar refractivity (Wildman–Crippen MR) is 121 cm³/mol. The molecule has 0 radical (unpaired) electrons. The summed E-state index contributed by atoms with van der Waals surface area (Å²) in [5.41, 5.74) is 1.48. The van der Waals surface area contributed by atoms with Crippen molar-refractivity contribution in [2.24, 2.45) is 5.92 Å². The molecule has 1 saturated heterocycles. The second kappa shape index (κ2) is 10.2. The Morgan fingerprint density at radius 1 is 1.06 bits per heavy atom. The van der Waals surface area contributed by atoms with Crippen molar-refractivity contribution in [3.63, 3.8) is 0 Å². The fourth-order valence-electron chi connectivity index (χ4n) is 3.96. The second-order valence-electron chi connectivity index (χ2n) is 7.69. The quantitative estimate of drug-likeness (QED) is 0.648. The summed E-state index contributed by atoms with van der Waals surface area (Å²) < 4.78 is 43.7. The van der Waals surface area contributed by atoms with Crippen LogP contribution in [0.3, 0.4) is 0 Å². The number of nitrogens with one attached hydrogen (secondary N) is 1. The second-order valence-corrected chi connectivity index (χ2v) is 9.63. The molecule has 1 atom stereocenters. The minimum absolute atomic E-state index is 0.141. The van der Waals surface area contributed by atoms with Crippen molar-refractivity contribution in [1.29, 1.82) is 0 Å². The lowest BCUT2D eigenvalue weighted by molar-refractivity contribution is -0.126. The SMILES string of the molecule is COc1ccc(S(=O)(=O)N2CCC[C@H](C(=O)NCc3c(OC)cccc3OC)C2)cc1C. The Labute approximate surface area is 189 Å². The highest BCUT2D eigenvalue weighted by Crippen LogP contribution is 2.29. The van der Waals surface area contributed by atoms with Gasteiger partial charge in [0, 0.05) is 13.1 Å². The first-order valence-corrected chi connectivity index (χ1v) is 11.9. The van der Waals surface area contributed by atoms with Gasteiger partial charge in [-0.15, -0.1) is 0 Å².